The molecule has 0 saturated heterocycles. The molecule has 4 nitrogen and oxygen atoms in total. The average Bonchev–Trinajstić information content (AvgIpc) is 2.43. The van der Waals surface area contributed by atoms with Crippen molar-refractivity contribution in [3.63, 3.8) is 0 Å². The Hall–Kier alpha value is -1.32. The third-order valence-electron chi connectivity index (χ3n) is 2.18. The number of aryl methyl sites for hydroxylation is 1. The van der Waals surface area contributed by atoms with Gasteiger partial charge in [-0.1, -0.05) is 0 Å². The number of aromatic nitrogens is 2. The third kappa shape index (κ3) is 1.56. The summed E-state index contributed by atoms with van der Waals surface area (Å²) in [5.74, 6) is -0.368. The van der Waals surface area contributed by atoms with Gasteiger partial charge in [0.25, 0.3) is 0 Å². The number of hydrogen-bond acceptors (Lipinski definition) is 3. The van der Waals surface area contributed by atoms with Crippen molar-refractivity contribution in [2.75, 3.05) is 7.11 Å². The van der Waals surface area contributed by atoms with Crippen molar-refractivity contribution in [3.8, 4) is 0 Å². The maximum absolute atomic E-state index is 11.2. The largest absolute Gasteiger partial charge is 0.464 e. The van der Waals surface area contributed by atoms with Crippen LogP contribution < -0.4 is 0 Å². The van der Waals surface area contributed by atoms with Gasteiger partial charge in [0.1, 0.15) is 0 Å². The van der Waals surface area contributed by atoms with Gasteiger partial charge in [-0.25, -0.2) is 4.79 Å². The van der Waals surface area contributed by atoms with Gasteiger partial charge in [-0.05, 0) is 20.8 Å². The quantitative estimate of drug-likeness (QED) is 0.648. The van der Waals surface area contributed by atoms with Crippen LogP contribution in [0.5, 0.6) is 0 Å². The zero-order valence-electron chi connectivity index (χ0n) is 8.42. The maximum Gasteiger partial charge on any atom is 0.358 e. The van der Waals surface area contributed by atoms with Crippen molar-refractivity contribution >= 4 is 5.97 Å². The highest BCUT2D eigenvalue weighted by molar-refractivity contribution is 5.88. The molecule has 0 fully saturated rings. The molecule has 0 spiro atoms. The van der Waals surface area contributed by atoms with Crippen molar-refractivity contribution in [2.45, 2.75) is 27.3 Å². The lowest BCUT2D eigenvalue weighted by Crippen LogP contribution is -2.05. The van der Waals surface area contributed by atoms with E-state index in [0.29, 0.717) is 5.69 Å². The third-order valence-corrected chi connectivity index (χ3v) is 2.18. The van der Waals surface area contributed by atoms with E-state index in [0.717, 1.165) is 17.8 Å². The van der Waals surface area contributed by atoms with E-state index in [-0.39, 0.29) is 5.97 Å². The van der Waals surface area contributed by atoms with E-state index in [4.69, 9.17) is 0 Å². The monoisotopic (exact) mass is 182 g/mol. The van der Waals surface area contributed by atoms with Crippen LogP contribution in [0, 0.1) is 13.8 Å². The van der Waals surface area contributed by atoms with Gasteiger partial charge in [-0.3, -0.25) is 4.68 Å². The van der Waals surface area contributed by atoms with E-state index in [1.54, 1.807) is 4.68 Å². The van der Waals surface area contributed by atoms with Crippen LogP contribution in [0.1, 0.15) is 28.7 Å². The van der Waals surface area contributed by atoms with Gasteiger partial charge in [0.05, 0.1) is 7.11 Å². The van der Waals surface area contributed by atoms with Crippen molar-refractivity contribution in [1.29, 1.82) is 0 Å². The van der Waals surface area contributed by atoms with Gasteiger partial charge in [0.2, 0.25) is 0 Å². The fraction of sp³-hybridized carbons (Fsp3) is 0.556. The summed E-state index contributed by atoms with van der Waals surface area (Å²) in [5.41, 5.74) is 2.33. The molecule has 0 saturated carbocycles. The summed E-state index contributed by atoms with van der Waals surface area (Å²) < 4.78 is 6.41. The average molecular weight is 182 g/mol. The Morgan fingerprint density at radius 1 is 1.54 bits per heavy atom. The van der Waals surface area contributed by atoms with E-state index in [2.05, 4.69) is 9.84 Å². The topological polar surface area (TPSA) is 44.1 Å². The number of carbonyl (C=O) groups is 1. The molecule has 0 aliphatic rings. The molecule has 1 aromatic heterocycles. The molecule has 1 heterocycles. The number of hydrogen-bond donors (Lipinski definition) is 0. The highest BCUT2D eigenvalue weighted by Gasteiger charge is 2.16. The highest BCUT2D eigenvalue weighted by atomic mass is 16.5. The predicted molar refractivity (Wildman–Crippen MR) is 48.7 cm³/mol. The summed E-state index contributed by atoms with van der Waals surface area (Å²) in [6, 6.07) is 0. The molecule has 0 radical (unpaired) electrons. The lowest BCUT2D eigenvalue weighted by molar-refractivity contribution is 0.0592. The zero-order valence-corrected chi connectivity index (χ0v) is 8.42. The number of esters is 1. The van der Waals surface area contributed by atoms with Crippen LogP contribution in [0.25, 0.3) is 0 Å². The van der Waals surface area contributed by atoms with Crippen molar-refractivity contribution in [2.24, 2.45) is 0 Å². The Kier molecular flexibility index (Phi) is 2.70. The normalized spacial score (nSPS) is 10.2. The Morgan fingerprint density at radius 2 is 2.15 bits per heavy atom. The van der Waals surface area contributed by atoms with E-state index in [1.165, 1.54) is 7.11 Å². The Labute approximate surface area is 77.5 Å². The second-order valence-corrected chi connectivity index (χ2v) is 2.87. The smallest absolute Gasteiger partial charge is 0.358 e. The van der Waals surface area contributed by atoms with Gasteiger partial charge in [-0.15, -0.1) is 0 Å². The molecule has 0 aliphatic heterocycles. The molecular weight excluding hydrogens is 168 g/mol. The van der Waals surface area contributed by atoms with Gasteiger partial charge in [0, 0.05) is 17.8 Å². The molecule has 4 heteroatoms. The lowest BCUT2D eigenvalue weighted by atomic mass is 10.2. The minimum Gasteiger partial charge on any atom is -0.464 e. The summed E-state index contributed by atoms with van der Waals surface area (Å²) in [6.45, 7) is 6.57. The highest BCUT2D eigenvalue weighted by Crippen LogP contribution is 2.12. The number of nitrogens with zero attached hydrogens (tertiary/aromatic N) is 2. The summed E-state index contributed by atoms with van der Waals surface area (Å²) in [7, 11) is 1.36. The minimum absolute atomic E-state index is 0.368. The first kappa shape index (κ1) is 9.77. The Bertz CT molecular complexity index is 329. The molecule has 0 bridgehead atoms. The Morgan fingerprint density at radius 3 is 2.54 bits per heavy atom. The van der Waals surface area contributed by atoms with Crippen LogP contribution in [-0.2, 0) is 11.3 Å². The molecule has 13 heavy (non-hydrogen) atoms. The second kappa shape index (κ2) is 3.60. The SMILES string of the molecule is CCn1nc(C(=O)OC)c(C)c1C. The molecule has 0 unspecified atom stereocenters. The standard InChI is InChI=1S/C9H14N2O2/c1-5-11-7(3)6(2)8(10-11)9(12)13-4/h5H2,1-4H3. The number of methoxy groups -OCH3 is 1. The summed E-state index contributed by atoms with van der Waals surface area (Å²) in [4.78, 5) is 11.2. The first-order valence-electron chi connectivity index (χ1n) is 4.24. The summed E-state index contributed by atoms with van der Waals surface area (Å²) >= 11 is 0. The molecule has 0 amide bonds. The molecule has 1 rings (SSSR count). The Balaban J connectivity index is 3.17. The van der Waals surface area contributed by atoms with Gasteiger partial charge < -0.3 is 4.74 Å². The van der Waals surface area contributed by atoms with Crippen molar-refractivity contribution in [1.82, 2.24) is 9.78 Å². The van der Waals surface area contributed by atoms with E-state index in [9.17, 15) is 4.79 Å². The summed E-state index contributed by atoms with van der Waals surface area (Å²) in [5, 5.41) is 4.14. The predicted octanol–water partition coefficient (Wildman–Crippen LogP) is 1.31. The van der Waals surface area contributed by atoms with E-state index in [1.807, 2.05) is 20.8 Å². The fourth-order valence-electron chi connectivity index (χ4n) is 1.23. The molecule has 0 N–H and O–H groups in total. The summed E-state index contributed by atoms with van der Waals surface area (Å²) in [6.07, 6.45) is 0. The zero-order chi connectivity index (χ0) is 10.0. The van der Waals surface area contributed by atoms with E-state index >= 15 is 0 Å². The van der Waals surface area contributed by atoms with Gasteiger partial charge in [-0.2, -0.15) is 5.10 Å². The first-order valence-corrected chi connectivity index (χ1v) is 4.24. The van der Waals surface area contributed by atoms with Crippen LogP contribution in [0.15, 0.2) is 0 Å². The van der Waals surface area contributed by atoms with Crippen LogP contribution in [0.3, 0.4) is 0 Å². The lowest BCUT2D eigenvalue weighted by Gasteiger charge is -1.96. The fourth-order valence-corrected chi connectivity index (χ4v) is 1.23. The van der Waals surface area contributed by atoms with Crippen LogP contribution in [-0.4, -0.2) is 22.9 Å². The molecule has 72 valence electrons. The van der Waals surface area contributed by atoms with Gasteiger partial charge >= 0.3 is 5.97 Å². The second-order valence-electron chi connectivity index (χ2n) is 2.87. The molecule has 0 aromatic carbocycles. The van der Waals surface area contributed by atoms with Gasteiger partial charge in [0.15, 0.2) is 5.69 Å². The van der Waals surface area contributed by atoms with Crippen molar-refractivity contribution in [3.05, 3.63) is 17.0 Å². The number of carbonyl (C=O) groups excluding carboxylic acids is 1. The minimum atomic E-state index is -0.368. The maximum atomic E-state index is 11.2. The van der Waals surface area contributed by atoms with Crippen molar-refractivity contribution < 1.29 is 9.53 Å². The van der Waals surface area contributed by atoms with Crippen LogP contribution >= 0.6 is 0 Å². The molecule has 1 aromatic rings. The number of rotatable bonds is 2. The number of ether oxygens (including phenoxy) is 1. The van der Waals surface area contributed by atoms with Crippen LogP contribution in [0.2, 0.25) is 0 Å². The first-order chi connectivity index (χ1) is 6.11. The van der Waals surface area contributed by atoms with E-state index < -0.39 is 0 Å². The molecule has 0 aliphatic carbocycles. The molecule has 0 atom stereocenters. The molecular formula is C9H14N2O2. The van der Waals surface area contributed by atoms with Crippen LogP contribution in [0.4, 0.5) is 0 Å².